The van der Waals surface area contributed by atoms with E-state index in [-0.39, 0.29) is 12.0 Å². The van der Waals surface area contributed by atoms with Crippen LogP contribution in [0.4, 0.5) is 0 Å². The Balaban J connectivity index is 2.43. The minimum atomic E-state index is -0.861. The van der Waals surface area contributed by atoms with Crippen molar-refractivity contribution in [3.8, 4) is 17.0 Å². The summed E-state index contributed by atoms with van der Waals surface area (Å²) < 4.78 is 7.25. The second-order valence-electron chi connectivity index (χ2n) is 6.15. The lowest BCUT2D eigenvalue weighted by molar-refractivity contribution is -0.136. The van der Waals surface area contributed by atoms with Crippen LogP contribution in [-0.2, 0) is 16.8 Å². The van der Waals surface area contributed by atoms with Gasteiger partial charge in [-0.05, 0) is 52.0 Å². The lowest BCUT2D eigenvalue weighted by atomic mass is 10.1. The SMILES string of the molecule is CCOc1ccc(-c2nn(C(C)(C)C)cc2CC(=O)O)cc1. The number of aliphatic carboxylic acids is 1. The first-order chi connectivity index (χ1) is 10.3. The van der Waals surface area contributed by atoms with Gasteiger partial charge in [-0.15, -0.1) is 0 Å². The molecule has 1 N–H and O–H groups in total. The number of carbonyl (C=O) groups is 1. The maximum Gasteiger partial charge on any atom is 0.307 e. The molecule has 0 atom stereocenters. The lowest BCUT2D eigenvalue weighted by Crippen LogP contribution is -2.22. The quantitative estimate of drug-likeness (QED) is 0.920. The van der Waals surface area contributed by atoms with E-state index >= 15 is 0 Å². The van der Waals surface area contributed by atoms with E-state index in [4.69, 9.17) is 9.84 Å². The summed E-state index contributed by atoms with van der Waals surface area (Å²) in [5.74, 6) is -0.0677. The van der Waals surface area contributed by atoms with Crippen molar-refractivity contribution in [1.82, 2.24) is 9.78 Å². The number of carboxylic acids is 1. The Morgan fingerprint density at radius 1 is 1.27 bits per heavy atom. The molecule has 0 unspecified atom stereocenters. The zero-order valence-electron chi connectivity index (χ0n) is 13.5. The highest BCUT2D eigenvalue weighted by atomic mass is 16.5. The van der Waals surface area contributed by atoms with Gasteiger partial charge in [-0.25, -0.2) is 0 Å². The molecular formula is C17H22N2O3. The van der Waals surface area contributed by atoms with Gasteiger partial charge in [0.2, 0.25) is 0 Å². The van der Waals surface area contributed by atoms with E-state index in [1.54, 1.807) is 0 Å². The molecule has 118 valence electrons. The molecule has 0 radical (unpaired) electrons. The van der Waals surface area contributed by atoms with Crippen molar-refractivity contribution in [3.63, 3.8) is 0 Å². The fourth-order valence-electron chi connectivity index (χ4n) is 2.16. The summed E-state index contributed by atoms with van der Waals surface area (Å²) >= 11 is 0. The van der Waals surface area contributed by atoms with Gasteiger partial charge in [-0.3, -0.25) is 9.48 Å². The Bertz CT molecular complexity index is 652. The Hall–Kier alpha value is -2.30. The summed E-state index contributed by atoms with van der Waals surface area (Å²) in [7, 11) is 0. The van der Waals surface area contributed by atoms with Crippen LogP contribution in [0, 0.1) is 0 Å². The van der Waals surface area contributed by atoms with Crippen LogP contribution in [0.3, 0.4) is 0 Å². The molecule has 0 bridgehead atoms. The van der Waals surface area contributed by atoms with Gasteiger partial charge in [0.1, 0.15) is 5.75 Å². The van der Waals surface area contributed by atoms with E-state index < -0.39 is 5.97 Å². The third-order valence-electron chi connectivity index (χ3n) is 3.26. The molecule has 1 aromatic carbocycles. The molecule has 0 amide bonds. The fourth-order valence-corrected chi connectivity index (χ4v) is 2.16. The lowest BCUT2D eigenvalue weighted by Gasteiger charge is -2.18. The van der Waals surface area contributed by atoms with E-state index in [1.807, 2.05) is 62.8 Å². The summed E-state index contributed by atoms with van der Waals surface area (Å²) in [6.07, 6.45) is 1.78. The number of aromatic nitrogens is 2. The van der Waals surface area contributed by atoms with Crippen molar-refractivity contribution in [1.29, 1.82) is 0 Å². The topological polar surface area (TPSA) is 64.4 Å². The maximum absolute atomic E-state index is 11.1. The maximum atomic E-state index is 11.1. The van der Waals surface area contributed by atoms with Gasteiger partial charge in [0.25, 0.3) is 0 Å². The molecule has 0 saturated heterocycles. The molecule has 0 aliphatic rings. The van der Waals surface area contributed by atoms with Crippen LogP contribution in [-0.4, -0.2) is 27.5 Å². The second-order valence-corrected chi connectivity index (χ2v) is 6.15. The van der Waals surface area contributed by atoms with E-state index in [2.05, 4.69) is 5.10 Å². The molecule has 0 saturated carbocycles. The van der Waals surface area contributed by atoms with Crippen LogP contribution in [0.2, 0.25) is 0 Å². The number of hydrogen-bond donors (Lipinski definition) is 1. The molecular weight excluding hydrogens is 280 g/mol. The standard InChI is InChI=1S/C17H22N2O3/c1-5-22-14-8-6-12(7-9-14)16-13(10-15(20)21)11-19(18-16)17(2,3)4/h6-9,11H,5,10H2,1-4H3,(H,20,21). The number of carboxylic acid groups (broad SMARTS) is 1. The molecule has 0 aliphatic heterocycles. The van der Waals surface area contributed by atoms with Gasteiger partial charge in [0.05, 0.1) is 24.3 Å². The van der Waals surface area contributed by atoms with Gasteiger partial charge >= 0.3 is 5.97 Å². The first-order valence-electron chi connectivity index (χ1n) is 7.35. The Morgan fingerprint density at radius 3 is 2.41 bits per heavy atom. The molecule has 2 aromatic rings. The number of hydrogen-bond acceptors (Lipinski definition) is 3. The van der Waals surface area contributed by atoms with Gasteiger partial charge < -0.3 is 9.84 Å². The predicted molar refractivity (Wildman–Crippen MR) is 85.2 cm³/mol. The van der Waals surface area contributed by atoms with Gasteiger partial charge in [0.15, 0.2) is 0 Å². The average molecular weight is 302 g/mol. The highest BCUT2D eigenvalue weighted by Crippen LogP contribution is 2.27. The second kappa shape index (κ2) is 6.22. The molecule has 5 nitrogen and oxygen atoms in total. The molecule has 22 heavy (non-hydrogen) atoms. The van der Waals surface area contributed by atoms with E-state index in [0.29, 0.717) is 17.9 Å². The van der Waals surface area contributed by atoms with Gasteiger partial charge in [-0.1, -0.05) is 0 Å². The minimum absolute atomic E-state index is 0.0430. The summed E-state index contributed by atoms with van der Waals surface area (Å²) in [5.41, 5.74) is 2.12. The van der Waals surface area contributed by atoms with Gasteiger partial charge in [0, 0.05) is 17.3 Å². The highest BCUT2D eigenvalue weighted by molar-refractivity contribution is 5.75. The van der Waals surface area contributed by atoms with E-state index in [0.717, 1.165) is 11.3 Å². The molecule has 1 heterocycles. The average Bonchev–Trinajstić information content (AvgIpc) is 2.83. The van der Waals surface area contributed by atoms with Crippen LogP contribution in [0.25, 0.3) is 11.3 Å². The van der Waals surface area contributed by atoms with Crippen LogP contribution in [0.15, 0.2) is 30.5 Å². The van der Waals surface area contributed by atoms with Gasteiger partial charge in [-0.2, -0.15) is 5.10 Å². The first-order valence-corrected chi connectivity index (χ1v) is 7.35. The number of benzene rings is 1. The van der Waals surface area contributed by atoms with E-state index in [1.165, 1.54) is 0 Å². The molecule has 1 aromatic heterocycles. The van der Waals surface area contributed by atoms with Crippen LogP contribution in [0.1, 0.15) is 33.3 Å². The largest absolute Gasteiger partial charge is 0.494 e. The Morgan fingerprint density at radius 2 is 1.91 bits per heavy atom. The molecule has 2 rings (SSSR count). The number of nitrogens with zero attached hydrogens (tertiary/aromatic N) is 2. The normalized spacial score (nSPS) is 11.5. The first kappa shape index (κ1) is 16.1. The monoisotopic (exact) mass is 302 g/mol. The third-order valence-corrected chi connectivity index (χ3v) is 3.26. The third kappa shape index (κ3) is 3.67. The minimum Gasteiger partial charge on any atom is -0.494 e. The summed E-state index contributed by atoms with van der Waals surface area (Å²) in [6, 6.07) is 7.57. The Labute approximate surface area is 130 Å². The van der Waals surface area contributed by atoms with Crippen molar-refractivity contribution in [2.45, 2.75) is 39.7 Å². The van der Waals surface area contributed by atoms with Crippen LogP contribution < -0.4 is 4.74 Å². The van der Waals surface area contributed by atoms with Crippen molar-refractivity contribution >= 4 is 5.97 Å². The van der Waals surface area contributed by atoms with Crippen molar-refractivity contribution in [2.75, 3.05) is 6.61 Å². The molecule has 0 fully saturated rings. The summed E-state index contributed by atoms with van der Waals surface area (Å²) in [6.45, 7) is 8.65. The number of rotatable bonds is 5. The zero-order chi connectivity index (χ0) is 16.3. The molecule has 0 aliphatic carbocycles. The smallest absolute Gasteiger partial charge is 0.307 e. The van der Waals surface area contributed by atoms with Crippen molar-refractivity contribution < 1.29 is 14.6 Å². The zero-order valence-corrected chi connectivity index (χ0v) is 13.5. The van der Waals surface area contributed by atoms with E-state index in [9.17, 15) is 4.79 Å². The van der Waals surface area contributed by atoms with Crippen molar-refractivity contribution in [2.24, 2.45) is 0 Å². The van der Waals surface area contributed by atoms with Crippen LogP contribution >= 0.6 is 0 Å². The summed E-state index contributed by atoms with van der Waals surface area (Å²) in [4.78, 5) is 11.1. The Kier molecular flexibility index (Phi) is 4.54. The molecule has 0 spiro atoms. The fraction of sp³-hybridized carbons (Fsp3) is 0.412. The predicted octanol–water partition coefficient (Wildman–Crippen LogP) is 3.33. The molecule has 5 heteroatoms. The summed E-state index contributed by atoms with van der Waals surface area (Å²) in [5, 5.41) is 13.7. The highest BCUT2D eigenvalue weighted by Gasteiger charge is 2.20. The van der Waals surface area contributed by atoms with Crippen molar-refractivity contribution in [3.05, 3.63) is 36.0 Å². The number of ether oxygens (including phenoxy) is 1. The van der Waals surface area contributed by atoms with Crippen LogP contribution in [0.5, 0.6) is 5.75 Å².